The molecule has 4 nitrogen and oxygen atoms in total. The first-order valence-corrected chi connectivity index (χ1v) is 6.14. The minimum Gasteiger partial charge on any atom is -0.478 e. The third kappa shape index (κ3) is 3.29. The van der Waals surface area contributed by atoms with Crippen LogP contribution < -0.4 is 5.32 Å². The van der Waals surface area contributed by atoms with Crippen LogP contribution in [0.5, 0.6) is 0 Å². The summed E-state index contributed by atoms with van der Waals surface area (Å²) in [6, 6.07) is 5.09. The minimum absolute atomic E-state index is 0.248. The van der Waals surface area contributed by atoms with E-state index < -0.39 is 5.97 Å². The normalized spacial score (nSPS) is 10.1. The molecular formula is C12H12N2O2S. The smallest absolute Gasteiger partial charge is 0.335 e. The first-order valence-electron chi connectivity index (χ1n) is 5.20. The van der Waals surface area contributed by atoms with Gasteiger partial charge in [-0.1, -0.05) is 0 Å². The largest absolute Gasteiger partial charge is 0.478 e. The van der Waals surface area contributed by atoms with Gasteiger partial charge in [0.1, 0.15) is 5.82 Å². The number of aromatic nitrogens is 1. The van der Waals surface area contributed by atoms with Crippen LogP contribution in [0.3, 0.4) is 0 Å². The fraction of sp³-hybridized carbons (Fsp3) is 0.167. The second-order valence-electron chi connectivity index (χ2n) is 3.54. The molecule has 0 amide bonds. The molecule has 0 aromatic carbocycles. The zero-order valence-corrected chi connectivity index (χ0v) is 9.91. The van der Waals surface area contributed by atoms with Gasteiger partial charge in [-0.3, -0.25) is 0 Å². The van der Waals surface area contributed by atoms with Gasteiger partial charge >= 0.3 is 5.97 Å². The van der Waals surface area contributed by atoms with Crippen LogP contribution >= 0.6 is 11.3 Å². The number of carboxylic acid groups (broad SMARTS) is 1. The molecule has 0 bridgehead atoms. The van der Waals surface area contributed by atoms with Gasteiger partial charge in [-0.05, 0) is 40.9 Å². The van der Waals surface area contributed by atoms with E-state index in [1.54, 1.807) is 11.3 Å². The third-order valence-corrected chi connectivity index (χ3v) is 3.04. The summed E-state index contributed by atoms with van der Waals surface area (Å²) in [6.07, 6.45) is 2.40. The lowest BCUT2D eigenvalue weighted by Gasteiger charge is -2.05. The molecule has 0 fully saturated rings. The van der Waals surface area contributed by atoms with E-state index in [1.807, 2.05) is 5.38 Å². The SMILES string of the molecule is O=C(O)c1ccnc(NCCc2ccsc2)c1. The number of hydrogen-bond acceptors (Lipinski definition) is 4. The third-order valence-electron chi connectivity index (χ3n) is 2.31. The fourth-order valence-electron chi connectivity index (χ4n) is 1.43. The van der Waals surface area contributed by atoms with Crippen molar-refractivity contribution in [2.45, 2.75) is 6.42 Å². The van der Waals surface area contributed by atoms with Crippen molar-refractivity contribution in [3.8, 4) is 0 Å². The Balaban J connectivity index is 1.90. The monoisotopic (exact) mass is 248 g/mol. The van der Waals surface area contributed by atoms with E-state index in [2.05, 4.69) is 21.7 Å². The van der Waals surface area contributed by atoms with Crippen molar-refractivity contribution in [2.24, 2.45) is 0 Å². The van der Waals surface area contributed by atoms with Crippen molar-refractivity contribution in [3.63, 3.8) is 0 Å². The molecule has 2 N–H and O–H groups in total. The molecule has 0 aliphatic carbocycles. The van der Waals surface area contributed by atoms with E-state index >= 15 is 0 Å². The Labute approximate surface area is 103 Å². The van der Waals surface area contributed by atoms with Gasteiger partial charge < -0.3 is 10.4 Å². The summed E-state index contributed by atoms with van der Waals surface area (Å²) >= 11 is 1.67. The number of nitrogens with zero attached hydrogens (tertiary/aromatic N) is 1. The molecule has 0 unspecified atom stereocenters. The average molecular weight is 248 g/mol. The Hall–Kier alpha value is -1.88. The number of nitrogens with one attached hydrogen (secondary N) is 1. The molecule has 0 atom stereocenters. The molecule has 2 aromatic rings. The van der Waals surface area contributed by atoms with E-state index in [1.165, 1.54) is 23.9 Å². The van der Waals surface area contributed by atoms with Gasteiger partial charge in [0, 0.05) is 12.7 Å². The first-order chi connectivity index (χ1) is 8.25. The Bertz CT molecular complexity index is 497. The summed E-state index contributed by atoms with van der Waals surface area (Å²) in [7, 11) is 0. The number of carbonyl (C=O) groups is 1. The van der Waals surface area contributed by atoms with Gasteiger partial charge in [-0.15, -0.1) is 0 Å². The molecule has 0 spiro atoms. The maximum atomic E-state index is 10.8. The number of hydrogen-bond donors (Lipinski definition) is 2. The number of anilines is 1. The summed E-state index contributed by atoms with van der Waals surface area (Å²) in [6.45, 7) is 0.743. The van der Waals surface area contributed by atoms with E-state index in [-0.39, 0.29) is 5.56 Å². The molecule has 5 heteroatoms. The molecule has 0 saturated heterocycles. The first kappa shape index (κ1) is 11.6. The predicted octanol–water partition coefficient (Wildman–Crippen LogP) is 2.50. The van der Waals surface area contributed by atoms with Crippen molar-refractivity contribution in [1.29, 1.82) is 0 Å². The minimum atomic E-state index is -0.937. The van der Waals surface area contributed by atoms with E-state index in [0.717, 1.165) is 13.0 Å². The number of rotatable bonds is 5. The molecule has 2 rings (SSSR count). The predicted molar refractivity (Wildman–Crippen MR) is 67.7 cm³/mol. The summed E-state index contributed by atoms with van der Waals surface area (Å²) in [4.78, 5) is 14.8. The lowest BCUT2D eigenvalue weighted by Crippen LogP contribution is -2.07. The molecule has 0 radical (unpaired) electrons. The summed E-state index contributed by atoms with van der Waals surface area (Å²) in [5, 5.41) is 16.1. The van der Waals surface area contributed by atoms with Crippen LogP contribution in [0.2, 0.25) is 0 Å². The van der Waals surface area contributed by atoms with Gasteiger partial charge in [0.2, 0.25) is 0 Å². The molecule has 2 heterocycles. The topological polar surface area (TPSA) is 62.2 Å². The van der Waals surface area contributed by atoms with Gasteiger partial charge in [0.15, 0.2) is 0 Å². The number of aromatic carboxylic acids is 1. The Morgan fingerprint density at radius 3 is 3.06 bits per heavy atom. The van der Waals surface area contributed by atoms with Crippen molar-refractivity contribution in [1.82, 2.24) is 4.98 Å². The lowest BCUT2D eigenvalue weighted by atomic mass is 10.2. The Morgan fingerprint density at radius 2 is 2.35 bits per heavy atom. The highest BCUT2D eigenvalue weighted by Gasteiger charge is 2.03. The highest BCUT2D eigenvalue weighted by molar-refractivity contribution is 7.07. The zero-order valence-electron chi connectivity index (χ0n) is 9.09. The van der Waals surface area contributed by atoms with Crippen LogP contribution in [-0.4, -0.2) is 22.6 Å². The number of thiophene rings is 1. The average Bonchev–Trinajstić information content (AvgIpc) is 2.82. The van der Waals surface area contributed by atoms with Gasteiger partial charge in [0.05, 0.1) is 5.56 Å². The van der Waals surface area contributed by atoms with Crippen molar-refractivity contribution < 1.29 is 9.90 Å². The van der Waals surface area contributed by atoms with Crippen LogP contribution in [0.4, 0.5) is 5.82 Å². The van der Waals surface area contributed by atoms with Crippen LogP contribution in [0, 0.1) is 0 Å². The second kappa shape index (κ2) is 5.45. The van der Waals surface area contributed by atoms with Crippen molar-refractivity contribution >= 4 is 23.1 Å². The van der Waals surface area contributed by atoms with Crippen molar-refractivity contribution in [3.05, 3.63) is 46.3 Å². The molecular weight excluding hydrogens is 236 g/mol. The molecule has 2 aromatic heterocycles. The maximum Gasteiger partial charge on any atom is 0.335 e. The standard InChI is InChI=1S/C12H12N2O2S/c15-12(16)10-2-5-14-11(7-10)13-4-1-9-3-6-17-8-9/h2-3,5-8H,1,4H2,(H,13,14)(H,15,16). The van der Waals surface area contributed by atoms with Crippen LogP contribution in [-0.2, 0) is 6.42 Å². The van der Waals surface area contributed by atoms with E-state index in [9.17, 15) is 4.79 Å². The van der Waals surface area contributed by atoms with Crippen LogP contribution in [0.15, 0.2) is 35.2 Å². The molecule has 88 valence electrons. The van der Waals surface area contributed by atoms with Crippen LogP contribution in [0.1, 0.15) is 15.9 Å². The molecule has 0 aliphatic heterocycles. The van der Waals surface area contributed by atoms with E-state index in [0.29, 0.717) is 5.82 Å². The zero-order chi connectivity index (χ0) is 12.1. The summed E-state index contributed by atoms with van der Waals surface area (Å²) in [5.74, 6) is -0.339. The second-order valence-corrected chi connectivity index (χ2v) is 4.32. The van der Waals surface area contributed by atoms with Crippen molar-refractivity contribution in [2.75, 3.05) is 11.9 Å². The number of pyridine rings is 1. The molecule has 0 aliphatic rings. The fourth-order valence-corrected chi connectivity index (χ4v) is 2.13. The quantitative estimate of drug-likeness (QED) is 0.853. The highest BCUT2D eigenvalue weighted by Crippen LogP contribution is 2.09. The van der Waals surface area contributed by atoms with Gasteiger partial charge in [-0.25, -0.2) is 9.78 Å². The Morgan fingerprint density at radius 1 is 1.47 bits per heavy atom. The van der Waals surface area contributed by atoms with Gasteiger partial charge in [-0.2, -0.15) is 11.3 Å². The number of carboxylic acids is 1. The summed E-state index contributed by atoms with van der Waals surface area (Å²) < 4.78 is 0. The lowest BCUT2D eigenvalue weighted by molar-refractivity contribution is 0.0697. The molecule has 0 saturated carbocycles. The molecule has 17 heavy (non-hydrogen) atoms. The van der Waals surface area contributed by atoms with E-state index in [4.69, 9.17) is 5.11 Å². The highest BCUT2D eigenvalue weighted by atomic mass is 32.1. The van der Waals surface area contributed by atoms with Crippen LogP contribution in [0.25, 0.3) is 0 Å². The van der Waals surface area contributed by atoms with Gasteiger partial charge in [0.25, 0.3) is 0 Å². The Kier molecular flexibility index (Phi) is 3.72. The summed E-state index contributed by atoms with van der Waals surface area (Å²) in [5.41, 5.74) is 1.52. The maximum absolute atomic E-state index is 10.8.